The van der Waals surface area contributed by atoms with E-state index in [1.807, 2.05) is 13.8 Å². The molecule has 0 saturated carbocycles. The number of amides is 1. The fourth-order valence-electron chi connectivity index (χ4n) is 2.15. The minimum Gasteiger partial charge on any atom is -0.394 e. The first-order chi connectivity index (χ1) is 9.42. The quantitative estimate of drug-likeness (QED) is 0.560. The second-order valence-corrected chi connectivity index (χ2v) is 5.19. The van der Waals surface area contributed by atoms with Crippen molar-refractivity contribution in [1.82, 2.24) is 0 Å². The molecule has 3 N–H and O–H groups in total. The van der Waals surface area contributed by atoms with E-state index in [9.17, 15) is 20.0 Å². The number of aliphatic hydroxyl groups is 1. The molecular formula is C13H17N3O4. The van der Waals surface area contributed by atoms with Crippen LogP contribution in [0.5, 0.6) is 0 Å². The Morgan fingerprint density at radius 1 is 1.50 bits per heavy atom. The number of rotatable bonds is 5. The van der Waals surface area contributed by atoms with Gasteiger partial charge in [0.05, 0.1) is 24.0 Å². The fraction of sp³-hybridized carbons (Fsp3) is 0.462. The van der Waals surface area contributed by atoms with Gasteiger partial charge in [0, 0.05) is 11.8 Å². The van der Waals surface area contributed by atoms with Crippen LogP contribution in [0.2, 0.25) is 0 Å². The van der Waals surface area contributed by atoms with Crippen molar-refractivity contribution < 1.29 is 14.8 Å². The molecule has 0 aromatic heterocycles. The molecule has 1 amide bonds. The van der Waals surface area contributed by atoms with Gasteiger partial charge in [0.25, 0.3) is 5.69 Å². The number of hydrogen-bond donors (Lipinski definition) is 3. The van der Waals surface area contributed by atoms with E-state index in [-0.39, 0.29) is 36.6 Å². The summed E-state index contributed by atoms with van der Waals surface area (Å²) in [5.41, 5.74) is 1.43. The predicted octanol–water partition coefficient (Wildman–Crippen LogP) is 1.52. The van der Waals surface area contributed by atoms with Gasteiger partial charge in [-0.15, -0.1) is 0 Å². The third-order valence-corrected chi connectivity index (χ3v) is 3.39. The summed E-state index contributed by atoms with van der Waals surface area (Å²) in [5, 5.41) is 26.1. The fourth-order valence-corrected chi connectivity index (χ4v) is 2.15. The zero-order valence-corrected chi connectivity index (χ0v) is 11.3. The van der Waals surface area contributed by atoms with Crippen molar-refractivity contribution in [3.63, 3.8) is 0 Å². The van der Waals surface area contributed by atoms with E-state index in [0.717, 1.165) is 0 Å². The van der Waals surface area contributed by atoms with E-state index in [1.54, 1.807) is 6.07 Å². The number of fused-ring (bicyclic) bond motifs is 1. The summed E-state index contributed by atoms with van der Waals surface area (Å²) in [5.74, 6) is -0.0588. The summed E-state index contributed by atoms with van der Waals surface area (Å²) < 4.78 is 0. The molecule has 1 atom stereocenters. The molecule has 0 spiro atoms. The number of nitrogens with one attached hydrogen (secondary N) is 2. The van der Waals surface area contributed by atoms with E-state index < -0.39 is 4.92 Å². The van der Waals surface area contributed by atoms with Gasteiger partial charge in [-0.1, -0.05) is 13.8 Å². The molecule has 2 rings (SSSR count). The predicted molar refractivity (Wildman–Crippen MR) is 74.8 cm³/mol. The number of nitro groups is 1. The van der Waals surface area contributed by atoms with Gasteiger partial charge in [-0.2, -0.15) is 0 Å². The molecule has 0 saturated heterocycles. The first kappa shape index (κ1) is 14.3. The van der Waals surface area contributed by atoms with Gasteiger partial charge in [-0.25, -0.2) is 0 Å². The summed E-state index contributed by atoms with van der Waals surface area (Å²) in [6.07, 6.45) is 0.157. The smallest absolute Gasteiger partial charge is 0.292 e. The molecule has 0 radical (unpaired) electrons. The van der Waals surface area contributed by atoms with Crippen molar-refractivity contribution in [2.75, 3.05) is 17.2 Å². The average Bonchev–Trinajstić information content (AvgIpc) is 2.73. The van der Waals surface area contributed by atoms with Crippen molar-refractivity contribution in [3.05, 3.63) is 27.8 Å². The number of nitrogens with zero attached hydrogens (tertiary/aromatic N) is 1. The summed E-state index contributed by atoms with van der Waals surface area (Å²) in [6.45, 7) is 3.70. The van der Waals surface area contributed by atoms with Gasteiger partial charge in [0.15, 0.2) is 0 Å². The van der Waals surface area contributed by atoms with Crippen LogP contribution in [0.3, 0.4) is 0 Å². The van der Waals surface area contributed by atoms with Crippen LogP contribution in [-0.2, 0) is 11.2 Å². The van der Waals surface area contributed by atoms with Gasteiger partial charge < -0.3 is 15.7 Å². The molecule has 7 nitrogen and oxygen atoms in total. The Hall–Kier alpha value is -2.15. The van der Waals surface area contributed by atoms with Gasteiger partial charge >= 0.3 is 0 Å². The van der Waals surface area contributed by atoms with E-state index in [1.165, 1.54) is 6.07 Å². The lowest BCUT2D eigenvalue weighted by molar-refractivity contribution is -0.384. The van der Waals surface area contributed by atoms with Crippen LogP contribution in [-0.4, -0.2) is 28.6 Å². The van der Waals surface area contributed by atoms with Crippen LogP contribution in [0, 0.1) is 16.0 Å². The molecule has 0 aliphatic carbocycles. The lowest BCUT2D eigenvalue weighted by Gasteiger charge is -2.21. The third-order valence-electron chi connectivity index (χ3n) is 3.39. The highest BCUT2D eigenvalue weighted by Crippen LogP contribution is 2.35. The number of anilines is 2. The maximum Gasteiger partial charge on any atom is 0.292 e. The van der Waals surface area contributed by atoms with E-state index >= 15 is 0 Å². The number of nitro benzene ring substituents is 1. The number of benzene rings is 1. The van der Waals surface area contributed by atoms with E-state index in [0.29, 0.717) is 16.9 Å². The Morgan fingerprint density at radius 2 is 2.20 bits per heavy atom. The molecule has 1 aromatic carbocycles. The topological polar surface area (TPSA) is 104 Å². The Kier molecular flexibility index (Phi) is 3.89. The molecule has 1 unspecified atom stereocenters. The van der Waals surface area contributed by atoms with Crippen molar-refractivity contribution in [2.45, 2.75) is 26.3 Å². The van der Waals surface area contributed by atoms with Crippen LogP contribution >= 0.6 is 0 Å². The Morgan fingerprint density at radius 3 is 2.75 bits per heavy atom. The molecule has 20 heavy (non-hydrogen) atoms. The zero-order chi connectivity index (χ0) is 14.9. The van der Waals surface area contributed by atoms with Gasteiger partial charge in [-0.05, 0) is 17.5 Å². The molecule has 1 aromatic rings. The summed E-state index contributed by atoms with van der Waals surface area (Å²) in [7, 11) is 0. The SMILES string of the molecule is CC(C)C(CO)Nc1cc2c(cc1[N+](=O)[O-])CC(=O)N2. The lowest BCUT2D eigenvalue weighted by Crippen LogP contribution is -2.29. The normalized spacial score (nSPS) is 14.9. The minimum absolute atomic E-state index is 0.0839. The Balaban J connectivity index is 2.39. The second kappa shape index (κ2) is 5.46. The molecule has 1 heterocycles. The second-order valence-electron chi connectivity index (χ2n) is 5.19. The van der Waals surface area contributed by atoms with Crippen LogP contribution in [0.1, 0.15) is 19.4 Å². The summed E-state index contributed by atoms with van der Waals surface area (Å²) >= 11 is 0. The first-order valence-corrected chi connectivity index (χ1v) is 6.41. The summed E-state index contributed by atoms with van der Waals surface area (Å²) in [4.78, 5) is 22.0. The highest BCUT2D eigenvalue weighted by atomic mass is 16.6. The minimum atomic E-state index is -0.486. The number of carbonyl (C=O) groups excluding carboxylic acids is 1. The molecule has 0 fully saturated rings. The van der Waals surface area contributed by atoms with Crippen molar-refractivity contribution >= 4 is 23.0 Å². The van der Waals surface area contributed by atoms with Crippen LogP contribution in [0.25, 0.3) is 0 Å². The molecule has 7 heteroatoms. The number of hydrogen-bond acceptors (Lipinski definition) is 5. The van der Waals surface area contributed by atoms with Crippen LogP contribution < -0.4 is 10.6 Å². The number of carbonyl (C=O) groups is 1. The van der Waals surface area contributed by atoms with E-state index in [4.69, 9.17) is 0 Å². The average molecular weight is 279 g/mol. The Labute approximate surface area is 116 Å². The van der Waals surface area contributed by atoms with Gasteiger partial charge in [0.1, 0.15) is 5.69 Å². The highest BCUT2D eigenvalue weighted by molar-refractivity contribution is 6.00. The maximum atomic E-state index is 11.3. The summed E-state index contributed by atoms with van der Waals surface area (Å²) in [6, 6.07) is 2.68. The van der Waals surface area contributed by atoms with Crippen molar-refractivity contribution in [2.24, 2.45) is 5.92 Å². The van der Waals surface area contributed by atoms with E-state index in [2.05, 4.69) is 10.6 Å². The van der Waals surface area contributed by atoms with Gasteiger partial charge in [-0.3, -0.25) is 14.9 Å². The monoisotopic (exact) mass is 279 g/mol. The lowest BCUT2D eigenvalue weighted by atomic mass is 10.0. The highest BCUT2D eigenvalue weighted by Gasteiger charge is 2.26. The zero-order valence-electron chi connectivity index (χ0n) is 11.3. The van der Waals surface area contributed by atoms with Crippen molar-refractivity contribution in [1.29, 1.82) is 0 Å². The molecule has 108 valence electrons. The first-order valence-electron chi connectivity index (χ1n) is 6.41. The number of aliphatic hydroxyl groups excluding tert-OH is 1. The molecule has 1 aliphatic heterocycles. The Bertz CT molecular complexity index is 557. The van der Waals surface area contributed by atoms with Crippen LogP contribution in [0.4, 0.5) is 17.1 Å². The molecule has 1 aliphatic rings. The standard InChI is InChI=1S/C13H17N3O4/c1-7(2)11(6-17)14-10-5-9-8(4-13(18)15-9)3-12(10)16(19)20/h3,5,7,11,14,17H,4,6H2,1-2H3,(H,15,18). The van der Waals surface area contributed by atoms with Gasteiger partial charge in [0.2, 0.25) is 5.91 Å². The van der Waals surface area contributed by atoms with Crippen LogP contribution in [0.15, 0.2) is 12.1 Å². The third kappa shape index (κ3) is 2.72. The molecule has 0 bridgehead atoms. The molecular weight excluding hydrogens is 262 g/mol. The maximum absolute atomic E-state index is 11.3. The largest absolute Gasteiger partial charge is 0.394 e. The van der Waals surface area contributed by atoms with Crippen molar-refractivity contribution in [3.8, 4) is 0 Å².